The number of hydrogen-bond donors (Lipinski definition) is 3. The first-order valence-corrected chi connectivity index (χ1v) is 9.76. The fourth-order valence-corrected chi connectivity index (χ4v) is 3.03. The van der Waals surface area contributed by atoms with Crippen LogP contribution in [-0.4, -0.2) is 50.6 Å². The molecule has 0 aliphatic heterocycles. The lowest BCUT2D eigenvalue weighted by Crippen LogP contribution is -2.35. The summed E-state index contributed by atoms with van der Waals surface area (Å²) in [6.45, 7) is 2.45. The number of nitrogens with zero attached hydrogens (tertiary/aromatic N) is 1. The molecule has 1 aliphatic carbocycles. The molecule has 0 aromatic heterocycles. The van der Waals surface area contributed by atoms with Gasteiger partial charge in [-0.2, -0.15) is 0 Å². The van der Waals surface area contributed by atoms with E-state index >= 15 is 0 Å². The second-order valence-corrected chi connectivity index (χ2v) is 7.23. The monoisotopic (exact) mass is 372 g/mol. The molecule has 6 nitrogen and oxygen atoms in total. The van der Waals surface area contributed by atoms with Crippen LogP contribution in [0.3, 0.4) is 0 Å². The molecule has 2 rings (SSSR count). The van der Waals surface area contributed by atoms with E-state index in [9.17, 15) is 9.59 Å². The van der Waals surface area contributed by atoms with E-state index in [-0.39, 0.29) is 11.9 Å². The highest BCUT2D eigenvalue weighted by atomic mass is 16.2. The summed E-state index contributed by atoms with van der Waals surface area (Å²) in [6, 6.07) is 7.17. The number of likely N-dealkylation sites (N-methyl/N-ethyl adjacent to an activating group) is 1. The van der Waals surface area contributed by atoms with E-state index in [1.54, 1.807) is 6.07 Å². The van der Waals surface area contributed by atoms with Crippen molar-refractivity contribution in [1.29, 1.82) is 0 Å². The quantitative estimate of drug-likeness (QED) is 0.584. The molecule has 148 valence electrons. The topological polar surface area (TPSA) is 73.5 Å². The number of rotatable bonds is 9. The first-order chi connectivity index (χ1) is 13.0. The van der Waals surface area contributed by atoms with Crippen molar-refractivity contribution in [2.24, 2.45) is 0 Å². The fourth-order valence-electron chi connectivity index (χ4n) is 3.03. The first-order valence-electron chi connectivity index (χ1n) is 9.76. The average Bonchev–Trinajstić information content (AvgIpc) is 2.67. The Hall–Kier alpha value is -2.34. The average molecular weight is 373 g/mol. The number of carbonyl (C=O) groups is 2. The molecule has 27 heavy (non-hydrogen) atoms. The van der Waals surface area contributed by atoms with Crippen molar-refractivity contribution in [3.63, 3.8) is 0 Å². The zero-order valence-corrected chi connectivity index (χ0v) is 16.5. The molecular weight excluding hydrogens is 340 g/mol. The molecule has 0 saturated carbocycles. The summed E-state index contributed by atoms with van der Waals surface area (Å²) in [5, 5.41) is 8.65. The van der Waals surface area contributed by atoms with E-state index in [0.29, 0.717) is 25.2 Å². The summed E-state index contributed by atoms with van der Waals surface area (Å²) in [7, 11) is 3.94. The zero-order chi connectivity index (χ0) is 19.5. The van der Waals surface area contributed by atoms with Gasteiger partial charge in [0.05, 0.1) is 0 Å². The summed E-state index contributed by atoms with van der Waals surface area (Å²) >= 11 is 0. The van der Waals surface area contributed by atoms with E-state index in [1.165, 1.54) is 24.8 Å². The second kappa shape index (κ2) is 11.4. The Bertz CT molecular complexity index is 655. The summed E-state index contributed by atoms with van der Waals surface area (Å²) < 4.78 is 0. The molecular formula is C21H32N4O2. The van der Waals surface area contributed by atoms with Crippen LogP contribution in [0.2, 0.25) is 0 Å². The number of amides is 3. The van der Waals surface area contributed by atoms with Crippen LogP contribution >= 0.6 is 0 Å². The molecule has 3 N–H and O–H groups in total. The van der Waals surface area contributed by atoms with Gasteiger partial charge in [0, 0.05) is 31.7 Å². The highest BCUT2D eigenvalue weighted by Gasteiger charge is 2.08. The lowest BCUT2D eigenvalue weighted by atomic mass is 9.97. The fraction of sp³-hybridized carbons (Fsp3) is 0.524. The Morgan fingerprint density at radius 2 is 1.93 bits per heavy atom. The molecule has 1 aromatic carbocycles. The van der Waals surface area contributed by atoms with Crippen molar-refractivity contribution in [2.75, 3.05) is 33.7 Å². The van der Waals surface area contributed by atoms with Crippen LogP contribution in [0.25, 0.3) is 0 Å². The molecule has 0 unspecified atom stereocenters. The Balaban J connectivity index is 1.71. The SMILES string of the molecule is CN(C)CCNC(=O)c1cccc(CNC(=O)NCCC2=CCCCC2)c1. The van der Waals surface area contributed by atoms with Gasteiger partial charge in [-0.25, -0.2) is 4.79 Å². The van der Waals surface area contributed by atoms with Gasteiger partial charge in [0.2, 0.25) is 0 Å². The normalized spacial score (nSPS) is 13.8. The molecule has 0 saturated heterocycles. The van der Waals surface area contributed by atoms with Gasteiger partial charge >= 0.3 is 6.03 Å². The molecule has 1 aromatic rings. The van der Waals surface area contributed by atoms with Crippen molar-refractivity contribution in [3.8, 4) is 0 Å². The second-order valence-electron chi connectivity index (χ2n) is 7.23. The summed E-state index contributed by atoms with van der Waals surface area (Å²) in [6.07, 6.45) is 8.10. The highest BCUT2D eigenvalue weighted by Crippen LogP contribution is 2.19. The number of hydrogen-bond acceptors (Lipinski definition) is 3. The molecule has 0 radical (unpaired) electrons. The molecule has 3 amide bonds. The van der Waals surface area contributed by atoms with E-state index in [4.69, 9.17) is 0 Å². The Morgan fingerprint density at radius 1 is 1.07 bits per heavy atom. The smallest absolute Gasteiger partial charge is 0.315 e. The van der Waals surface area contributed by atoms with Crippen LogP contribution in [0, 0.1) is 0 Å². The van der Waals surface area contributed by atoms with Gasteiger partial charge in [-0.3, -0.25) is 4.79 Å². The standard InChI is InChI=1S/C21H32N4O2/c1-25(2)14-13-22-20(26)19-10-6-9-18(15-19)16-24-21(27)23-12-11-17-7-4-3-5-8-17/h6-7,9-10,15H,3-5,8,11-14,16H2,1-2H3,(H,22,26)(H2,23,24,27). The molecule has 0 spiro atoms. The van der Waals surface area contributed by atoms with Gasteiger partial charge in [0.15, 0.2) is 0 Å². The minimum absolute atomic E-state index is 0.0936. The largest absolute Gasteiger partial charge is 0.351 e. The van der Waals surface area contributed by atoms with Gasteiger partial charge in [0.1, 0.15) is 0 Å². The zero-order valence-electron chi connectivity index (χ0n) is 16.5. The first kappa shape index (κ1) is 21.0. The van der Waals surface area contributed by atoms with Crippen molar-refractivity contribution in [3.05, 3.63) is 47.0 Å². The Kier molecular flexibility index (Phi) is 8.84. The van der Waals surface area contributed by atoms with Gasteiger partial charge in [-0.05, 0) is 63.9 Å². The van der Waals surface area contributed by atoms with Crippen LogP contribution < -0.4 is 16.0 Å². The third-order valence-corrected chi connectivity index (χ3v) is 4.60. The van der Waals surface area contributed by atoms with Crippen LogP contribution in [0.15, 0.2) is 35.9 Å². The Morgan fingerprint density at radius 3 is 2.67 bits per heavy atom. The van der Waals surface area contributed by atoms with Gasteiger partial charge < -0.3 is 20.9 Å². The predicted octanol–water partition coefficient (Wildman–Crippen LogP) is 2.67. The number of allylic oxidation sites excluding steroid dienone is 1. The van der Waals surface area contributed by atoms with Gasteiger partial charge in [0.25, 0.3) is 5.91 Å². The van der Waals surface area contributed by atoms with E-state index in [1.807, 2.05) is 37.2 Å². The maximum absolute atomic E-state index is 12.2. The minimum Gasteiger partial charge on any atom is -0.351 e. The van der Waals surface area contributed by atoms with E-state index < -0.39 is 0 Å². The maximum Gasteiger partial charge on any atom is 0.315 e. The van der Waals surface area contributed by atoms with Crippen LogP contribution in [-0.2, 0) is 6.54 Å². The van der Waals surface area contributed by atoms with Crippen molar-refractivity contribution < 1.29 is 9.59 Å². The minimum atomic E-state index is -0.174. The van der Waals surface area contributed by atoms with Crippen molar-refractivity contribution in [1.82, 2.24) is 20.9 Å². The number of nitrogens with one attached hydrogen (secondary N) is 3. The third kappa shape index (κ3) is 8.26. The molecule has 0 atom stereocenters. The van der Waals surface area contributed by atoms with Crippen LogP contribution in [0.4, 0.5) is 4.79 Å². The third-order valence-electron chi connectivity index (χ3n) is 4.60. The summed E-state index contributed by atoms with van der Waals surface area (Å²) in [5.41, 5.74) is 2.97. The van der Waals surface area contributed by atoms with E-state index in [2.05, 4.69) is 22.0 Å². The van der Waals surface area contributed by atoms with Crippen molar-refractivity contribution >= 4 is 11.9 Å². The highest BCUT2D eigenvalue weighted by molar-refractivity contribution is 5.94. The number of carbonyl (C=O) groups excluding carboxylic acids is 2. The maximum atomic E-state index is 12.2. The summed E-state index contributed by atoms with van der Waals surface area (Å²) in [4.78, 5) is 26.1. The van der Waals surface area contributed by atoms with Crippen LogP contribution in [0.5, 0.6) is 0 Å². The van der Waals surface area contributed by atoms with Crippen molar-refractivity contribution in [2.45, 2.75) is 38.6 Å². The van der Waals surface area contributed by atoms with Gasteiger partial charge in [-0.1, -0.05) is 23.8 Å². The molecule has 6 heteroatoms. The predicted molar refractivity (Wildman–Crippen MR) is 109 cm³/mol. The number of benzene rings is 1. The Labute approximate surface area is 162 Å². The molecule has 0 heterocycles. The lowest BCUT2D eigenvalue weighted by Gasteiger charge is -2.13. The van der Waals surface area contributed by atoms with E-state index in [0.717, 1.165) is 24.9 Å². The number of urea groups is 1. The molecule has 1 aliphatic rings. The van der Waals surface area contributed by atoms with Gasteiger partial charge in [-0.15, -0.1) is 0 Å². The van der Waals surface area contributed by atoms with Crippen LogP contribution in [0.1, 0.15) is 48.0 Å². The molecule has 0 bridgehead atoms. The summed E-state index contributed by atoms with van der Waals surface area (Å²) in [5.74, 6) is -0.0936. The lowest BCUT2D eigenvalue weighted by molar-refractivity contribution is 0.0951. The molecule has 0 fully saturated rings.